The average molecular weight is 878 g/mol. The topological polar surface area (TPSA) is 165 Å². The summed E-state index contributed by atoms with van der Waals surface area (Å²) in [7, 11) is 4.31. The van der Waals surface area contributed by atoms with Crippen LogP contribution in [0.2, 0.25) is 0 Å². The van der Waals surface area contributed by atoms with Gasteiger partial charge in [-0.1, -0.05) is 91.0 Å². The lowest BCUT2D eigenvalue weighted by Gasteiger charge is -2.34. The number of benzene rings is 5. The van der Waals surface area contributed by atoms with E-state index in [9.17, 15) is 0 Å². The van der Waals surface area contributed by atoms with Crippen molar-refractivity contribution in [1.29, 1.82) is 0 Å². The third kappa shape index (κ3) is 14.1. The molecular weight excluding hydrogens is 811 g/mol. The van der Waals surface area contributed by atoms with Crippen LogP contribution in [0.3, 0.4) is 0 Å². The van der Waals surface area contributed by atoms with Gasteiger partial charge in [0.2, 0.25) is 5.95 Å². The number of piperazine rings is 2. The second-order valence-corrected chi connectivity index (χ2v) is 16.7. The minimum Gasteiger partial charge on any atom is -0.397 e. The maximum atomic E-state index is 6.12. The monoisotopic (exact) mass is 878 g/mol. The number of nitrogens with one attached hydrogen (secondary N) is 3. The highest BCUT2D eigenvalue weighted by Crippen LogP contribution is 2.28. The Hall–Kier alpha value is -6.74. The van der Waals surface area contributed by atoms with E-state index in [4.69, 9.17) is 21.9 Å². The zero-order valence-electron chi connectivity index (χ0n) is 38.1. The Morgan fingerprint density at radius 2 is 0.892 bits per heavy atom. The average Bonchev–Trinajstić information content (AvgIpc) is 3.35. The zero-order valence-corrected chi connectivity index (χ0v) is 38.1. The van der Waals surface area contributed by atoms with Crippen molar-refractivity contribution in [2.45, 2.75) is 19.6 Å². The lowest BCUT2D eigenvalue weighted by Crippen LogP contribution is -2.45. The first-order chi connectivity index (χ1) is 31.8. The number of nitrogens with zero attached hydrogens (tertiary/aromatic N) is 7. The number of likely N-dealkylation sites (N-methyl/N-ethyl adjacent to an activating group) is 2. The lowest BCUT2D eigenvalue weighted by molar-refractivity contribution is 0.122. The predicted molar refractivity (Wildman–Crippen MR) is 272 cm³/mol. The molecule has 9 N–H and O–H groups in total. The van der Waals surface area contributed by atoms with Crippen LogP contribution in [0.25, 0.3) is 0 Å². The molecule has 9 rings (SSSR count). The summed E-state index contributed by atoms with van der Waals surface area (Å²) >= 11 is 0. The highest BCUT2D eigenvalue weighted by molar-refractivity contribution is 5.73. The van der Waals surface area contributed by atoms with Crippen molar-refractivity contribution in [2.75, 3.05) is 141 Å². The Morgan fingerprint density at radius 1 is 0.477 bits per heavy atom. The first-order valence-corrected chi connectivity index (χ1v) is 22.7. The molecule has 0 aliphatic carbocycles. The van der Waals surface area contributed by atoms with E-state index in [1.165, 1.54) is 28.1 Å². The normalized spacial score (nSPS) is 15.5. The fourth-order valence-corrected chi connectivity index (χ4v) is 7.72. The minimum absolute atomic E-state index is 0.578. The largest absolute Gasteiger partial charge is 0.397 e. The van der Waals surface area contributed by atoms with Crippen molar-refractivity contribution in [3.63, 3.8) is 0 Å². The van der Waals surface area contributed by atoms with Crippen LogP contribution < -0.4 is 47.9 Å². The summed E-state index contributed by atoms with van der Waals surface area (Å²) in [6.07, 6.45) is 1.69. The molecule has 0 bridgehead atoms. The Kier molecular flexibility index (Phi) is 16.9. The van der Waals surface area contributed by atoms with Crippen LogP contribution in [0.4, 0.5) is 51.6 Å². The molecule has 3 saturated heterocycles. The fourth-order valence-electron chi connectivity index (χ4n) is 7.72. The molecule has 0 atom stereocenters. The number of rotatable bonds is 12. The van der Waals surface area contributed by atoms with Crippen molar-refractivity contribution in [3.05, 3.63) is 150 Å². The van der Waals surface area contributed by atoms with Gasteiger partial charge in [0.15, 0.2) is 5.82 Å². The molecular formula is C51H67N13O. The number of aromatic nitrogens is 2. The van der Waals surface area contributed by atoms with E-state index in [0.717, 1.165) is 120 Å². The van der Waals surface area contributed by atoms with Gasteiger partial charge in [0.1, 0.15) is 0 Å². The Morgan fingerprint density at radius 3 is 1.35 bits per heavy atom. The zero-order chi connectivity index (χ0) is 45.2. The number of morpholine rings is 1. The van der Waals surface area contributed by atoms with Crippen LogP contribution in [-0.4, -0.2) is 113 Å². The van der Waals surface area contributed by atoms with Gasteiger partial charge in [-0.2, -0.15) is 4.98 Å². The van der Waals surface area contributed by atoms with Gasteiger partial charge in [0.25, 0.3) is 0 Å². The summed E-state index contributed by atoms with van der Waals surface area (Å²) in [5.41, 5.74) is 28.5. The number of ether oxygens (including phenoxy) is 1. The third-order valence-electron chi connectivity index (χ3n) is 11.9. The molecule has 6 aromatic rings. The maximum Gasteiger partial charge on any atom is 0.227 e. The summed E-state index contributed by atoms with van der Waals surface area (Å²) in [5.74, 6) is 1.45. The standard InChI is InChI=1S/C18H24N4.C17H21N3O.C16H22N6/c1-21-9-11-22(12-10-21)16-7-8-17(19)18(13-16)20-14-15-5-3-2-4-6-15;18-16-7-6-15(20-8-10-21-11-9-20)12-17(16)19-13-14-4-2-1-3-5-14;1-21-7-9-22(10-8-21)16-19-12-14(17)15(20-16)18-11-13-5-3-2-4-6-13/h2-8,13,20H,9-12,14,19H2,1H3;1-7,12,19H,8-11,13,18H2;2-6,12H,7-11,17H2,1H3,(H,18,19,20). The predicted octanol–water partition coefficient (Wildman–Crippen LogP) is 6.77. The molecule has 65 heavy (non-hydrogen) atoms. The van der Waals surface area contributed by atoms with E-state index in [1.54, 1.807) is 6.20 Å². The van der Waals surface area contributed by atoms with Crippen molar-refractivity contribution in [1.82, 2.24) is 19.8 Å². The van der Waals surface area contributed by atoms with Crippen LogP contribution in [0.5, 0.6) is 0 Å². The van der Waals surface area contributed by atoms with E-state index < -0.39 is 0 Å². The molecule has 3 aliphatic rings. The summed E-state index contributed by atoms with van der Waals surface area (Å²) < 4.78 is 5.40. The minimum atomic E-state index is 0.578. The first kappa shape index (κ1) is 46.3. The molecule has 4 heterocycles. The molecule has 14 heteroatoms. The Bertz CT molecular complexity index is 2200. The van der Waals surface area contributed by atoms with Crippen molar-refractivity contribution in [3.8, 4) is 0 Å². The number of anilines is 9. The van der Waals surface area contributed by atoms with E-state index in [2.05, 4.69) is 137 Å². The van der Waals surface area contributed by atoms with E-state index in [-0.39, 0.29) is 0 Å². The number of nitrogens with two attached hydrogens (primary N) is 3. The molecule has 0 spiro atoms. The van der Waals surface area contributed by atoms with Crippen LogP contribution >= 0.6 is 0 Å². The van der Waals surface area contributed by atoms with Gasteiger partial charge < -0.3 is 62.4 Å². The summed E-state index contributed by atoms with van der Waals surface area (Å²) in [5, 5.41) is 10.2. The van der Waals surface area contributed by atoms with Gasteiger partial charge in [-0.3, -0.25) is 0 Å². The van der Waals surface area contributed by atoms with Crippen LogP contribution in [0.1, 0.15) is 16.7 Å². The smallest absolute Gasteiger partial charge is 0.227 e. The van der Waals surface area contributed by atoms with E-state index >= 15 is 0 Å². The summed E-state index contributed by atoms with van der Waals surface area (Å²) in [6.45, 7) is 14.0. The quantitative estimate of drug-likeness (QED) is 0.0714. The van der Waals surface area contributed by atoms with Gasteiger partial charge in [-0.25, -0.2) is 4.98 Å². The summed E-state index contributed by atoms with van der Waals surface area (Å²) in [4.78, 5) is 20.6. The molecule has 0 unspecified atom stereocenters. The fraction of sp³-hybridized carbons (Fsp3) is 0.333. The molecule has 3 fully saturated rings. The van der Waals surface area contributed by atoms with Gasteiger partial charge >= 0.3 is 0 Å². The first-order valence-electron chi connectivity index (χ1n) is 22.7. The van der Waals surface area contributed by atoms with Gasteiger partial charge in [0.05, 0.1) is 47.8 Å². The maximum absolute atomic E-state index is 6.12. The third-order valence-corrected chi connectivity index (χ3v) is 11.9. The van der Waals surface area contributed by atoms with Gasteiger partial charge in [-0.05, 0) is 67.2 Å². The van der Waals surface area contributed by atoms with Crippen LogP contribution in [0, 0.1) is 0 Å². The van der Waals surface area contributed by atoms with Gasteiger partial charge in [0, 0.05) is 96.5 Å². The second-order valence-electron chi connectivity index (χ2n) is 16.7. The highest BCUT2D eigenvalue weighted by atomic mass is 16.5. The number of nitrogen functional groups attached to an aromatic ring is 3. The number of hydrogen-bond donors (Lipinski definition) is 6. The summed E-state index contributed by atoms with van der Waals surface area (Å²) in [6, 6.07) is 43.4. The van der Waals surface area contributed by atoms with Crippen LogP contribution in [-0.2, 0) is 24.4 Å². The van der Waals surface area contributed by atoms with Crippen LogP contribution in [0.15, 0.2) is 134 Å². The molecule has 342 valence electrons. The molecule has 0 radical (unpaired) electrons. The molecule has 3 aliphatic heterocycles. The Labute approximate surface area is 385 Å². The van der Waals surface area contributed by atoms with Crippen molar-refractivity contribution < 1.29 is 4.74 Å². The van der Waals surface area contributed by atoms with Crippen molar-refractivity contribution in [2.24, 2.45) is 0 Å². The second kappa shape index (κ2) is 23.8. The SMILES string of the molecule is CN1CCN(c2ccc(N)c(NCc3ccccc3)c2)CC1.CN1CCN(c2ncc(N)c(NCc3ccccc3)n2)CC1.Nc1ccc(N2CCOCC2)cc1NCc1ccccc1. The van der Waals surface area contributed by atoms with E-state index in [1.807, 2.05) is 54.6 Å². The highest BCUT2D eigenvalue weighted by Gasteiger charge is 2.18. The molecule has 0 amide bonds. The lowest BCUT2D eigenvalue weighted by atomic mass is 10.2. The molecule has 0 saturated carbocycles. The molecule has 14 nitrogen and oxygen atoms in total. The van der Waals surface area contributed by atoms with Gasteiger partial charge in [-0.15, -0.1) is 0 Å². The molecule has 1 aromatic heterocycles. The number of hydrogen-bond acceptors (Lipinski definition) is 14. The van der Waals surface area contributed by atoms with Crippen molar-refractivity contribution >= 4 is 51.6 Å². The van der Waals surface area contributed by atoms with E-state index in [0.29, 0.717) is 18.1 Å². The Balaban J connectivity index is 0.000000145. The molecule has 5 aromatic carbocycles.